The number of carboxylic acids is 1. The van der Waals surface area contributed by atoms with Gasteiger partial charge in [0.1, 0.15) is 11.4 Å². The number of ether oxygens (including phenoxy) is 3. The van der Waals surface area contributed by atoms with Gasteiger partial charge in [0.2, 0.25) is 0 Å². The summed E-state index contributed by atoms with van der Waals surface area (Å²) in [5.74, 6) is -0.0509. The lowest BCUT2D eigenvalue weighted by molar-refractivity contribution is -0.136. The molecule has 0 aromatic heterocycles. The van der Waals surface area contributed by atoms with Gasteiger partial charge < -0.3 is 24.2 Å². The van der Waals surface area contributed by atoms with Gasteiger partial charge >= 0.3 is 12.1 Å². The first-order valence-electron chi connectivity index (χ1n) is 13.0. The Hall–Kier alpha value is -3.84. The Morgan fingerprint density at radius 2 is 1.71 bits per heavy atom. The SMILES string of the molecule is COc1ccc(COCCCC2(c3ccccc3)CCN([C@@H](C)c3ccc(CC(=O)O)cc3)C(=O)O2)cc1. The lowest BCUT2D eigenvalue weighted by Crippen LogP contribution is -2.48. The van der Waals surface area contributed by atoms with Gasteiger partial charge in [0.05, 0.1) is 26.2 Å². The van der Waals surface area contributed by atoms with Crippen LogP contribution < -0.4 is 4.74 Å². The minimum atomic E-state index is -0.867. The minimum absolute atomic E-state index is 0.0240. The Labute approximate surface area is 224 Å². The van der Waals surface area contributed by atoms with Crippen LogP contribution in [0.3, 0.4) is 0 Å². The van der Waals surface area contributed by atoms with E-state index in [1.165, 1.54) is 0 Å². The maximum atomic E-state index is 13.3. The van der Waals surface area contributed by atoms with Crippen molar-refractivity contribution in [3.8, 4) is 5.75 Å². The second-order valence-corrected chi connectivity index (χ2v) is 9.66. The molecule has 1 saturated heterocycles. The Morgan fingerprint density at radius 3 is 2.34 bits per heavy atom. The van der Waals surface area contributed by atoms with E-state index >= 15 is 0 Å². The predicted octanol–water partition coefficient (Wildman–Crippen LogP) is 6.12. The van der Waals surface area contributed by atoms with Crippen LogP contribution in [0.25, 0.3) is 0 Å². The summed E-state index contributed by atoms with van der Waals surface area (Å²) in [6.07, 6.45) is 1.71. The molecule has 3 aromatic carbocycles. The van der Waals surface area contributed by atoms with E-state index in [9.17, 15) is 9.59 Å². The summed E-state index contributed by atoms with van der Waals surface area (Å²) in [5, 5.41) is 9.01. The summed E-state index contributed by atoms with van der Waals surface area (Å²) < 4.78 is 17.3. The number of carbonyl (C=O) groups is 2. The van der Waals surface area contributed by atoms with Crippen molar-refractivity contribution in [2.75, 3.05) is 20.3 Å². The van der Waals surface area contributed by atoms with Crippen LogP contribution in [0.4, 0.5) is 4.79 Å². The van der Waals surface area contributed by atoms with Crippen molar-refractivity contribution in [1.29, 1.82) is 0 Å². The molecule has 0 radical (unpaired) electrons. The fourth-order valence-electron chi connectivity index (χ4n) is 4.93. The third kappa shape index (κ3) is 6.72. The zero-order valence-corrected chi connectivity index (χ0v) is 22.0. The van der Waals surface area contributed by atoms with Crippen LogP contribution in [0.2, 0.25) is 0 Å². The number of hydrogen-bond donors (Lipinski definition) is 1. The molecule has 7 heteroatoms. The van der Waals surface area contributed by atoms with E-state index in [2.05, 4.69) is 0 Å². The van der Waals surface area contributed by atoms with Gasteiger partial charge in [-0.15, -0.1) is 0 Å². The van der Waals surface area contributed by atoms with E-state index in [1.54, 1.807) is 24.1 Å². The zero-order chi connectivity index (χ0) is 27.0. The van der Waals surface area contributed by atoms with Crippen molar-refractivity contribution < 1.29 is 28.9 Å². The molecule has 0 aliphatic carbocycles. The van der Waals surface area contributed by atoms with Crippen LogP contribution in [0.15, 0.2) is 78.9 Å². The van der Waals surface area contributed by atoms with Gasteiger partial charge in [0, 0.05) is 19.6 Å². The first-order chi connectivity index (χ1) is 18.4. The van der Waals surface area contributed by atoms with Gasteiger partial charge in [-0.3, -0.25) is 4.79 Å². The monoisotopic (exact) mass is 517 g/mol. The Bertz CT molecular complexity index is 1200. The van der Waals surface area contributed by atoms with E-state index in [-0.39, 0.29) is 18.6 Å². The molecular formula is C31H35NO6. The Balaban J connectivity index is 1.37. The maximum Gasteiger partial charge on any atom is 0.411 e. The molecule has 2 atom stereocenters. The molecule has 1 amide bonds. The molecule has 0 bridgehead atoms. The van der Waals surface area contributed by atoms with Gasteiger partial charge in [0.15, 0.2) is 0 Å². The highest BCUT2D eigenvalue weighted by Gasteiger charge is 2.43. The first kappa shape index (κ1) is 27.2. The fraction of sp³-hybridized carbons (Fsp3) is 0.355. The third-order valence-corrected chi connectivity index (χ3v) is 7.16. The van der Waals surface area contributed by atoms with Crippen molar-refractivity contribution >= 4 is 12.1 Å². The molecule has 3 aromatic rings. The molecule has 1 N–H and O–H groups in total. The van der Waals surface area contributed by atoms with Crippen LogP contribution in [0, 0.1) is 0 Å². The molecule has 200 valence electrons. The number of amides is 1. The number of aliphatic carboxylic acids is 1. The molecule has 1 unspecified atom stereocenters. The highest BCUT2D eigenvalue weighted by molar-refractivity contribution is 5.71. The van der Waals surface area contributed by atoms with Crippen LogP contribution >= 0.6 is 0 Å². The summed E-state index contributed by atoms with van der Waals surface area (Å²) >= 11 is 0. The molecular weight excluding hydrogens is 482 g/mol. The minimum Gasteiger partial charge on any atom is -0.497 e. The van der Waals surface area contributed by atoms with E-state index in [0.29, 0.717) is 32.6 Å². The molecule has 1 aliphatic rings. The quantitative estimate of drug-likeness (QED) is 0.292. The molecule has 0 saturated carbocycles. The normalized spacial score (nSPS) is 18.1. The fourth-order valence-corrected chi connectivity index (χ4v) is 4.93. The standard InChI is InChI=1S/C31H35NO6/c1-23(26-13-9-24(10-14-26)21-29(33)34)32-19-18-31(38-30(32)35,27-7-4-3-5-8-27)17-6-20-37-22-25-11-15-28(36-2)16-12-25/h3-5,7-16,23H,6,17-22H2,1-2H3,(H,33,34)/t23-,31?/m0/s1. The van der Waals surface area contributed by atoms with Crippen LogP contribution in [0.5, 0.6) is 5.75 Å². The number of hydrogen-bond acceptors (Lipinski definition) is 5. The van der Waals surface area contributed by atoms with Gasteiger partial charge in [-0.2, -0.15) is 0 Å². The zero-order valence-electron chi connectivity index (χ0n) is 22.0. The van der Waals surface area contributed by atoms with Crippen LogP contribution in [-0.2, 0) is 32.9 Å². The van der Waals surface area contributed by atoms with E-state index in [4.69, 9.17) is 19.3 Å². The Kier molecular flexibility index (Phi) is 9.02. The summed E-state index contributed by atoms with van der Waals surface area (Å²) in [6.45, 7) is 3.59. The average molecular weight is 518 g/mol. The summed E-state index contributed by atoms with van der Waals surface area (Å²) in [5.41, 5.74) is 3.04. The maximum absolute atomic E-state index is 13.3. The second kappa shape index (κ2) is 12.6. The second-order valence-electron chi connectivity index (χ2n) is 9.66. The lowest BCUT2D eigenvalue weighted by atomic mass is 9.84. The number of methoxy groups -OCH3 is 1. The largest absolute Gasteiger partial charge is 0.497 e. The van der Waals surface area contributed by atoms with Crippen molar-refractivity contribution in [3.05, 3.63) is 101 Å². The van der Waals surface area contributed by atoms with Gasteiger partial charge in [-0.1, -0.05) is 66.7 Å². The molecule has 1 heterocycles. The Morgan fingerprint density at radius 1 is 1.03 bits per heavy atom. The summed E-state index contributed by atoms with van der Waals surface area (Å²) in [4.78, 5) is 26.0. The molecule has 1 fully saturated rings. The van der Waals surface area contributed by atoms with E-state index in [0.717, 1.165) is 34.4 Å². The van der Waals surface area contributed by atoms with Crippen LogP contribution in [-0.4, -0.2) is 42.3 Å². The number of rotatable bonds is 12. The first-order valence-corrected chi connectivity index (χ1v) is 13.0. The highest BCUT2D eigenvalue weighted by Crippen LogP contribution is 2.40. The number of carboxylic acid groups (broad SMARTS) is 1. The molecule has 4 rings (SSSR count). The van der Waals surface area contributed by atoms with Crippen molar-refractivity contribution in [3.63, 3.8) is 0 Å². The third-order valence-electron chi connectivity index (χ3n) is 7.16. The van der Waals surface area contributed by atoms with Gasteiger partial charge in [-0.05, 0) is 54.2 Å². The topological polar surface area (TPSA) is 85.3 Å². The lowest BCUT2D eigenvalue weighted by Gasteiger charge is -2.43. The van der Waals surface area contributed by atoms with Crippen LogP contribution in [0.1, 0.15) is 54.5 Å². The van der Waals surface area contributed by atoms with Crippen molar-refractivity contribution in [1.82, 2.24) is 4.90 Å². The number of carbonyl (C=O) groups excluding carboxylic acids is 1. The van der Waals surface area contributed by atoms with E-state index < -0.39 is 11.6 Å². The molecule has 38 heavy (non-hydrogen) atoms. The molecule has 0 spiro atoms. The number of nitrogens with zero attached hydrogens (tertiary/aromatic N) is 1. The smallest absolute Gasteiger partial charge is 0.411 e. The highest BCUT2D eigenvalue weighted by atomic mass is 16.6. The predicted molar refractivity (Wildman–Crippen MR) is 144 cm³/mol. The van der Waals surface area contributed by atoms with Gasteiger partial charge in [-0.25, -0.2) is 4.79 Å². The van der Waals surface area contributed by atoms with Gasteiger partial charge in [0.25, 0.3) is 0 Å². The average Bonchev–Trinajstić information content (AvgIpc) is 2.93. The summed E-state index contributed by atoms with van der Waals surface area (Å²) in [6, 6.07) is 24.9. The summed E-state index contributed by atoms with van der Waals surface area (Å²) in [7, 11) is 1.65. The van der Waals surface area contributed by atoms with Crippen molar-refractivity contribution in [2.45, 2.75) is 50.9 Å². The molecule has 7 nitrogen and oxygen atoms in total. The number of benzene rings is 3. The molecule has 1 aliphatic heterocycles. The van der Waals surface area contributed by atoms with E-state index in [1.807, 2.05) is 73.7 Å². The number of cyclic esters (lactones) is 1. The van der Waals surface area contributed by atoms with Crippen molar-refractivity contribution in [2.24, 2.45) is 0 Å².